The molecule has 2 rings (SSSR count). The summed E-state index contributed by atoms with van der Waals surface area (Å²) in [6, 6.07) is 13.2. The Balaban J connectivity index is 2.79. The summed E-state index contributed by atoms with van der Waals surface area (Å²) in [6.45, 7) is 2.06. The summed E-state index contributed by atoms with van der Waals surface area (Å²) >= 11 is 0. The second-order valence-corrected chi connectivity index (χ2v) is 3.02. The molecule has 13 heavy (non-hydrogen) atoms. The summed E-state index contributed by atoms with van der Waals surface area (Å²) in [7, 11) is 1.70. The van der Waals surface area contributed by atoms with Crippen LogP contribution < -0.4 is 4.74 Å². The minimum absolute atomic E-state index is 0.937. The Labute approximate surface area is 78.0 Å². The van der Waals surface area contributed by atoms with E-state index in [-0.39, 0.29) is 0 Å². The number of rotatable bonds is 1. The van der Waals surface area contributed by atoms with Gasteiger partial charge in [-0.3, -0.25) is 0 Å². The van der Waals surface area contributed by atoms with Gasteiger partial charge in [-0.05, 0) is 35.4 Å². The van der Waals surface area contributed by atoms with Crippen LogP contribution in [0, 0.1) is 13.0 Å². The number of aryl methyl sites for hydroxylation is 1. The van der Waals surface area contributed by atoms with Crippen molar-refractivity contribution >= 4 is 10.8 Å². The summed E-state index contributed by atoms with van der Waals surface area (Å²) in [4.78, 5) is 0. The fraction of sp³-hybridized carbons (Fsp3) is 0.167. The van der Waals surface area contributed by atoms with Gasteiger partial charge in [-0.1, -0.05) is 24.3 Å². The summed E-state index contributed by atoms with van der Waals surface area (Å²) in [5, 5.41) is 2.35. The van der Waals surface area contributed by atoms with Crippen LogP contribution in [0.5, 0.6) is 5.75 Å². The minimum atomic E-state index is 0.937. The summed E-state index contributed by atoms with van der Waals surface area (Å²) < 4.78 is 5.24. The molecule has 0 aliphatic heterocycles. The van der Waals surface area contributed by atoms with E-state index in [2.05, 4.69) is 19.1 Å². The van der Waals surface area contributed by atoms with E-state index in [9.17, 15) is 0 Å². The molecule has 1 heteroatoms. The average Bonchev–Trinajstić information content (AvgIpc) is 2.19. The van der Waals surface area contributed by atoms with Crippen molar-refractivity contribution in [3.63, 3.8) is 0 Å². The standard InChI is InChI=1S/C12H11O/c1-9-11-6-4-3-5-10(11)7-8-12(9)13-2/h3-4,6-8H,1-2H3. The normalized spacial score (nSPS) is 10.3. The lowest BCUT2D eigenvalue weighted by Gasteiger charge is -2.06. The highest BCUT2D eigenvalue weighted by molar-refractivity contribution is 5.86. The molecule has 0 heterocycles. The molecule has 0 aliphatic carbocycles. The largest absolute Gasteiger partial charge is 0.496 e. The first-order valence-corrected chi connectivity index (χ1v) is 4.27. The van der Waals surface area contributed by atoms with Crippen LogP contribution in [0.3, 0.4) is 0 Å². The Morgan fingerprint density at radius 2 is 2.08 bits per heavy atom. The Morgan fingerprint density at radius 1 is 1.23 bits per heavy atom. The smallest absolute Gasteiger partial charge is 0.122 e. The third kappa shape index (κ3) is 1.26. The van der Waals surface area contributed by atoms with E-state index in [0.29, 0.717) is 0 Å². The van der Waals surface area contributed by atoms with Crippen LogP contribution >= 0.6 is 0 Å². The lowest BCUT2D eigenvalue weighted by molar-refractivity contribution is 0.412. The van der Waals surface area contributed by atoms with Gasteiger partial charge in [-0.15, -0.1) is 0 Å². The molecule has 2 aromatic rings. The molecule has 0 spiro atoms. The van der Waals surface area contributed by atoms with Gasteiger partial charge >= 0.3 is 0 Å². The molecule has 1 nitrogen and oxygen atoms in total. The van der Waals surface area contributed by atoms with E-state index in [4.69, 9.17) is 4.74 Å². The molecule has 2 aromatic carbocycles. The SMILES string of the molecule is COc1ccc2[c]cccc2c1C. The molecule has 0 saturated carbocycles. The van der Waals surface area contributed by atoms with Crippen LogP contribution in [-0.4, -0.2) is 7.11 Å². The third-order valence-electron chi connectivity index (χ3n) is 2.28. The molecular formula is C12H11O. The first kappa shape index (κ1) is 8.11. The maximum Gasteiger partial charge on any atom is 0.122 e. The zero-order valence-electron chi connectivity index (χ0n) is 7.79. The number of benzene rings is 2. The highest BCUT2D eigenvalue weighted by Gasteiger charge is 2.01. The first-order valence-electron chi connectivity index (χ1n) is 4.27. The highest BCUT2D eigenvalue weighted by atomic mass is 16.5. The topological polar surface area (TPSA) is 9.23 Å². The predicted octanol–water partition coefficient (Wildman–Crippen LogP) is 2.96. The number of hydrogen-bond acceptors (Lipinski definition) is 1. The number of fused-ring (bicyclic) bond motifs is 1. The van der Waals surface area contributed by atoms with Crippen molar-refractivity contribution < 1.29 is 4.74 Å². The van der Waals surface area contributed by atoms with Crippen LogP contribution in [0.1, 0.15) is 5.56 Å². The molecule has 0 bridgehead atoms. The molecule has 0 amide bonds. The van der Waals surface area contributed by atoms with Gasteiger partial charge in [0.25, 0.3) is 0 Å². The summed E-state index contributed by atoms with van der Waals surface area (Å²) in [6.07, 6.45) is 0. The maximum absolute atomic E-state index is 5.24. The van der Waals surface area contributed by atoms with E-state index < -0.39 is 0 Å². The fourth-order valence-electron chi connectivity index (χ4n) is 1.55. The number of hydrogen-bond donors (Lipinski definition) is 0. The molecule has 65 valence electrons. The second kappa shape index (κ2) is 3.09. The molecule has 1 radical (unpaired) electrons. The fourth-order valence-corrected chi connectivity index (χ4v) is 1.55. The lowest BCUT2D eigenvalue weighted by atomic mass is 10.1. The van der Waals surface area contributed by atoms with Gasteiger partial charge in [0, 0.05) is 0 Å². The molecule has 0 N–H and O–H groups in total. The van der Waals surface area contributed by atoms with Crippen molar-refractivity contribution in [1.29, 1.82) is 0 Å². The Hall–Kier alpha value is -1.50. The van der Waals surface area contributed by atoms with Crippen molar-refractivity contribution in [3.8, 4) is 5.75 Å². The van der Waals surface area contributed by atoms with Gasteiger partial charge in [-0.25, -0.2) is 0 Å². The Bertz CT molecular complexity index is 432. The molecular weight excluding hydrogens is 160 g/mol. The quantitative estimate of drug-likeness (QED) is 0.641. The van der Waals surface area contributed by atoms with Crippen LogP contribution in [0.4, 0.5) is 0 Å². The van der Waals surface area contributed by atoms with Crippen LogP contribution in [0.15, 0.2) is 30.3 Å². The van der Waals surface area contributed by atoms with Gasteiger partial charge < -0.3 is 4.74 Å². The van der Waals surface area contributed by atoms with E-state index in [1.807, 2.05) is 24.3 Å². The van der Waals surface area contributed by atoms with Crippen molar-refractivity contribution in [2.24, 2.45) is 0 Å². The van der Waals surface area contributed by atoms with Gasteiger partial charge in [0.15, 0.2) is 0 Å². The first-order chi connectivity index (χ1) is 6.33. The molecule has 0 unspecified atom stereocenters. The Kier molecular flexibility index (Phi) is 1.93. The van der Waals surface area contributed by atoms with E-state index in [0.717, 1.165) is 11.1 Å². The van der Waals surface area contributed by atoms with Gasteiger partial charge in [-0.2, -0.15) is 0 Å². The average molecular weight is 171 g/mol. The Morgan fingerprint density at radius 3 is 2.85 bits per heavy atom. The van der Waals surface area contributed by atoms with Crippen LogP contribution in [-0.2, 0) is 0 Å². The minimum Gasteiger partial charge on any atom is -0.496 e. The summed E-state index contributed by atoms with van der Waals surface area (Å²) in [5.74, 6) is 0.937. The maximum atomic E-state index is 5.24. The lowest BCUT2D eigenvalue weighted by Crippen LogP contribution is -1.87. The molecule has 0 fully saturated rings. The molecule has 0 atom stereocenters. The van der Waals surface area contributed by atoms with Gasteiger partial charge in [0.05, 0.1) is 7.11 Å². The monoisotopic (exact) mass is 171 g/mol. The zero-order chi connectivity index (χ0) is 9.26. The summed E-state index contributed by atoms with van der Waals surface area (Å²) in [5.41, 5.74) is 1.18. The molecule has 0 aliphatic rings. The van der Waals surface area contributed by atoms with Crippen molar-refractivity contribution in [2.45, 2.75) is 6.92 Å². The molecule has 0 saturated heterocycles. The van der Waals surface area contributed by atoms with Gasteiger partial charge in [0.1, 0.15) is 5.75 Å². The van der Waals surface area contributed by atoms with Crippen LogP contribution in [0.25, 0.3) is 10.8 Å². The number of methoxy groups -OCH3 is 1. The highest BCUT2D eigenvalue weighted by Crippen LogP contribution is 2.26. The van der Waals surface area contributed by atoms with Gasteiger partial charge in [0.2, 0.25) is 0 Å². The zero-order valence-corrected chi connectivity index (χ0v) is 7.79. The number of ether oxygens (including phenoxy) is 1. The van der Waals surface area contributed by atoms with E-state index in [1.165, 1.54) is 10.9 Å². The van der Waals surface area contributed by atoms with Crippen molar-refractivity contribution in [1.82, 2.24) is 0 Å². The second-order valence-electron chi connectivity index (χ2n) is 3.02. The van der Waals surface area contributed by atoms with Crippen molar-refractivity contribution in [3.05, 3.63) is 42.0 Å². The van der Waals surface area contributed by atoms with E-state index in [1.54, 1.807) is 7.11 Å². The molecule has 0 aromatic heterocycles. The van der Waals surface area contributed by atoms with Crippen LogP contribution in [0.2, 0.25) is 0 Å². The van der Waals surface area contributed by atoms with E-state index >= 15 is 0 Å². The predicted molar refractivity (Wildman–Crippen MR) is 54.1 cm³/mol. The third-order valence-corrected chi connectivity index (χ3v) is 2.28. The van der Waals surface area contributed by atoms with Crippen molar-refractivity contribution in [2.75, 3.05) is 7.11 Å².